The van der Waals surface area contributed by atoms with Crippen LogP contribution in [0.3, 0.4) is 0 Å². The molecule has 0 saturated heterocycles. The van der Waals surface area contributed by atoms with E-state index in [0.29, 0.717) is 15.6 Å². The van der Waals surface area contributed by atoms with Crippen molar-refractivity contribution in [1.29, 1.82) is 0 Å². The Morgan fingerprint density at radius 3 is 2.94 bits per heavy atom. The van der Waals surface area contributed by atoms with Crippen molar-refractivity contribution in [1.82, 2.24) is 4.98 Å². The number of carboxylic acids is 1. The number of carbonyl (C=O) groups is 1. The quantitative estimate of drug-likeness (QED) is 0.881. The molecule has 0 bridgehead atoms. The lowest BCUT2D eigenvalue weighted by Crippen LogP contribution is -2.01. The van der Waals surface area contributed by atoms with Crippen LogP contribution >= 0.6 is 11.3 Å². The molecule has 5 nitrogen and oxygen atoms in total. The molecule has 0 unspecified atom stereocenters. The van der Waals surface area contributed by atoms with Crippen LogP contribution in [0.15, 0.2) is 24.3 Å². The van der Waals surface area contributed by atoms with Crippen LogP contribution < -0.4 is 10.5 Å². The van der Waals surface area contributed by atoms with E-state index in [1.807, 2.05) is 12.1 Å². The number of rotatable bonds is 4. The topological polar surface area (TPSA) is 85.4 Å². The molecule has 18 heavy (non-hydrogen) atoms. The summed E-state index contributed by atoms with van der Waals surface area (Å²) < 4.78 is 5.12. The molecule has 1 aromatic carbocycles. The largest absolute Gasteiger partial charge is 0.497 e. The van der Waals surface area contributed by atoms with Crippen molar-refractivity contribution < 1.29 is 14.6 Å². The highest BCUT2D eigenvalue weighted by Gasteiger charge is 2.18. The number of nitrogens with zero attached hydrogens (tertiary/aromatic N) is 1. The summed E-state index contributed by atoms with van der Waals surface area (Å²) in [6.07, 6.45) is 0. The summed E-state index contributed by atoms with van der Waals surface area (Å²) >= 11 is 1.29. The van der Waals surface area contributed by atoms with Crippen LogP contribution in [0.25, 0.3) is 10.4 Å². The number of aromatic carboxylic acids is 1. The van der Waals surface area contributed by atoms with E-state index in [1.165, 1.54) is 11.3 Å². The molecular weight excluding hydrogens is 252 g/mol. The van der Waals surface area contributed by atoms with Crippen LogP contribution in [0, 0.1) is 0 Å². The monoisotopic (exact) mass is 264 g/mol. The van der Waals surface area contributed by atoms with Gasteiger partial charge in [0.15, 0.2) is 5.69 Å². The van der Waals surface area contributed by atoms with Gasteiger partial charge in [0, 0.05) is 6.54 Å². The Labute approximate surface area is 108 Å². The normalized spacial score (nSPS) is 10.3. The predicted octanol–water partition coefficient (Wildman–Crippen LogP) is 1.98. The van der Waals surface area contributed by atoms with Crippen molar-refractivity contribution in [2.45, 2.75) is 6.54 Å². The van der Waals surface area contributed by atoms with Gasteiger partial charge in [0.05, 0.1) is 12.0 Å². The molecule has 2 aromatic rings. The maximum Gasteiger partial charge on any atom is 0.356 e. The Bertz CT molecular complexity index is 580. The second-order valence-corrected chi connectivity index (χ2v) is 4.61. The van der Waals surface area contributed by atoms with Gasteiger partial charge in [-0.3, -0.25) is 0 Å². The third-order valence-corrected chi connectivity index (χ3v) is 3.51. The number of thiazole rings is 1. The van der Waals surface area contributed by atoms with Gasteiger partial charge in [-0.25, -0.2) is 9.78 Å². The summed E-state index contributed by atoms with van der Waals surface area (Å²) in [5.74, 6) is -0.379. The van der Waals surface area contributed by atoms with Crippen molar-refractivity contribution in [3.63, 3.8) is 0 Å². The van der Waals surface area contributed by atoms with Gasteiger partial charge in [-0.2, -0.15) is 0 Å². The highest BCUT2D eigenvalue weighted by atomic mass is 32.1. The lowest BCUT2D eigenvalue weighted by molar-refractivity contribution is 0.0692. The molecule has 2 rings (SSSR count). The van der Waals surface area contributed by atoms with Crippen molar-refractivity contribution in [3.05, 3.63) is 35.0 Å². The first-order chi connectivity index (χ1) is 8.65. The summed E-state index contributed by atoms with van der Waals surface area (Å²) in [6.45, 7) is 0.231. The Balaban J connectivity index is 2.54. The van der Waals surface area contributed by atoms with Crippen molar-refractivity contribution >= 4 is 17.3 Å². The first-order valence-electron chi connectivity index (χ1n) is 5.23. The first kappa shape index (κ1) is 12.5. The van der Waals surface area contributed by atoms with E-state index in [9.17, 15) is 4.79 Å². The minimum atomic E-state index is -1.05. The zero-order valence-electron chi connectivity index (χ0n) is 9.71. The van der Waals surface area contributed by atoms with Gasteiger partial charge in [0.25, 0.3) is 0 Å². The molecule has 6 heteroatoms. The van der Waals surface area contributed by atoms with Gasteiger partial charge in [0.2, 0.25) is 0 Å². The van der Waals surface area contributed by atoms with Crippen LogP contribution in [0.4, 0.5) is 0 Å². The van der Waals surface area contributed by atoms with Gasteiger partial charge >= 0.3 is 5.97 Å². The van der Waals surface area contributed by atoms with E-state index in [0.717, 1.165) is 5.56 Å². The number of ether oxygens (including phenoxy) is 1. The highest BCUT2D eigenvalue weighted by Crippen LogP contribution is 2.32. The third-order valence-electron chi connectivity index (χ3n) is 2.38. The standard InChI is InChI=1S/C12H12N2O3S/c1-17-8-4-2-3-7(5-8)11-10(12(15)16)14-9(6-13)18-11/h2-5H,6,13H2,1H3,(H,15,16). The summed E-state index contributed by atoms with van der Waals surface area (Å²) in [4.78, 5) is 15.8. The lowest BCUT2D eigenvalue weighted by Gasteiger charge is -2.02. The van der Waals surface area contributed by atoms with Crippen LogP contribution in [0.1, 0.15) is 15.5 Å². The predicted molar refractivity (Wildman–Crippen MR) is 69.0 cm³/mol. The molecule has 0 aliphatic heterocycles. The van der Waals surface area contributed by atoms with E-state index in [2.05, 4.69) is 4.98 Å². The first-order valence-corrected chi connectivity index (χ1v) is 6.05. The fraction of sp³-hybridized carbons (Fsp3) is 0.167. The highest BCUT2D eigenvalue weighted by molar-refractivity contribution is 7.15. The van der Waals surface area contributed by atoms with Gasteiger partial charge in [-0.05, 0) is 17.7 Å². The maximum atomic E-state index is 11.2. The molecule has 0 radical (unpaired) electrons. The Kier molecular flexibility index (Phi) is 3.59. The van der Waals surface area contributed by atoms with Crippen LogP contribution in [-0.4, -0.2) is 23.2 Å². The van der Waals surface area contributed by atoms with Crippen molar-refractivity contribution in [2.75, 3.05) is 7.11 Å². The number of hydrogen-bond acceptors (Lipinski definition) is 5. The molecular formula is C12H12N2O3S. The zero-order valence-corrected chi connectivity index (χ0v) is 10.5. The Morgan fingerprint density at radius 2 is 2.33 bits per heavy atom. The smallest absolute Gasteiger partial charge is 0.356 e. The average Bonchev–Trinajstić information content (AvgIpc) is 2.83. The SMILES string of the molecule is COc1cccc(-c2sc(CN)nc2C(=O)O)c1. The van der Waals surface area contributed by atoms with E-state index in [1.54, 1.807) is 19.2 Å². The Morgan fingerprint density at radius 1 is 1.56 bits per heavy atom. The molecule has 0 amide bonds. The van der Waals surface area contributed by atoms with Gasteiger partial charge in [-0.15, -0.1) is 11.3 Å². The summed E-state index contributed by atoms with van der Waals surface area (Å²) in [6, 6.07) is 7.21. The second-order valence-electron chi connectivity index (χ2n) is 3.53. The maximum absolute atomic E-state index is 11.2. The van der Waals surface area contributed by atoms with E-state index >= 15 is 0 Å². The molecule has 3 N–H and O–H groups in total. The average molecular weight is 264 g/mol. The van der Waals surface area contributed by atoms with Crippen molar-refractivity contribution in [3.8, 4) is 16.2 Å². The molecule has 0 fully saturated rings. The summed E-state index contributed by atoms with van der Waals surface area (Å²) in [5.41, 5.74) is 6.30. The van der Waals surface area contributed by atoms with E-state index in [4.69, 9.17) is 15.6 Å². The molecule has 1 heterocycles. The number of aromatic nitrogens is 1. The van der Waals surface area contributed by atoms with E-state index < -0.39 is 5.97 Å². The fourth-order valence-corrected chi connectivity index (χ4v) is 2.49. The van der Waals surface area contributed by atoms with Gasteiger partial charge in [0.1, 0.15) is 10.8 Å². The number of carboxylic acid groups (broad SMARTS) is 1. The van der Waals surface area contributed by atoms with Gasteiger partial charge < -0.3 is 15.6 Å². The molecule has 0 saturated carbocycles. The number of hydrogen-bond donors (Lipinski definition) is 2. The zero-order chi connectivity index (χ0) is 13.1. The molecule has 0 aliphatic carbocycles. The lowest BCUT2D eigenvalue weighted by atomic mass is 10.1. The number of methoxy groups -OCH3 is 1. The number of nitrogens with two attached hydrogens (primary N) is 1. The minimum Gasteiger partial charge on any atom is -0.497 e. The fourth-order valence-electron chi connectivity index (χ4n) is 1.56. The Hall–Kier alpha value is -1.92. The van der Waals surface area contributed by atoms with Crippen LogP contribution in [0.5, 0.6) is 5.75 Å². The minimum absolute atomic E-state index is 0.0358. The third kappa shape index (κ3) is 2.34. The molecule has 0 atom stereocenters. The molecule has 94 valence electrons. The van der Waals surface area contributed by atoms with Gasteiger partial charge in [-0.1, -0.05) is 12.1 Å². The summed E-state index contributed by atoms with van der Waals surface area (Å²) in [7, 11) is 1.56. The second kappa shape index (κ2) is 5.16. The number of benzene rings is 1. The molecule has 1 aromatic heterocycles. The molecule has 0 aliphatic rings. The van der Waals surface area contributed by atoms with Crippen LogP contribution in [-0.2, 0) is 6.54 Å². The van der Waals surface area contributed by atoms with Crippen molar-refractivity contribution in [2.24, 2.45) is 5.73 Å². The van der Waals surface area contributed by atoms with Crippen LogP contribution in [0.2, 0.25) is 0 Å². The van der Waals surface area contributed by atoms with E-state index in [-0.39, 0.29) is 12.2 Å². The molecule has 0 spiro atoms. The summed E-state index contributed by atoms with van der Waals surface area (Å²) in [5, 5.41) is 9.74.